The second-order valence-electron chi connectivity index (χ2n) is 4.87. The molecule has 2 atom stereocenters. The topological polar surface area (TPSA) is 76.4 Å². The van der Waals surface area contributed by atoms with Gasteiger partial charge in [0.25, 0.3) is 5.56 Å². The normalized spacial score (nSPS) is 22.1. The smallest absolute Gasteiger partial charge is 0.283 e. The third-order valence-electron chi connectivity index (χ3n) is 3.60. The van der Waals surface area contributed by atoms with Crippen LogP contribution < -0.4 is 10.9 Å². The van der Waals surface area contributed by atoms with Gasteiger partial charge in [0.05, 0.1) is 31.1 Å². The molecular formula is C13H20BrN3O3. The number of hydrogen-bond donors (Lipinski definition) is 2. The number of hydrogen-bond acceptors (Lipinski definition) is 5. The summed E-state index contributed by atoms with van der Waals surface area (Å²) in [7, 11) is 0. The molecule has 1 aromatic heterocycles. The van der Waals surface area contributed by atoms with Crippen molar-refractivity contribution < 1.29 is 9.84 Å². The molecule has 1 aliphatic rings. The highest BCUT2D eigenvalue weighted by molar-refractivity contribution is 9.10. The average Bonchev–Trinajstić information content (AvgIpc) is 2.91. The van der Waals surface area contributed by atoms with Crippen molar-refractivity contribution >= 4 is 21.6 Å². The van der Waals surface area contributed by atoms with Gasteiger partial charge < -0.3 is 15.2 Å². The molecule has 112 valence electrons. The summed E-state index contributed by atoms with van der Waals surface area (Å²) in [5, 5.41) is 16.2. The van der Waals surface area contributed by atoms with Gasteiger partial charge >= 0.3 is 0 Å². The van der Waals surface area contributed by atoms with Crippen LogP contribution in [0.4, 0.5) is 5.69 Å². The van der Waals surface area contributed by atoms with Crippen LogP contribution in [0.15, 0.2) is 15.5 Å². The Hall–Kier alpha value is -0.920. The second-order valence-corrected chi connectivity index (χ2v) is 5.66. The van der Waals surface area contributed by atoms with Crippen LogP contribution in [0, 0.1) is 5.92 Å². The molecule has 7 heteroatoms. The number of halogens is 1. The Morgan fingerprint density at radius 1 is 1.65 bits per heavy atom. The highest BCUT2D eigenvalue weighted by Crippen LogP contribution is 2.24. The Morgan fingerprint density at radius 2 is 2.45 bits per heavy atom. The Kier molecular flexibility index (Phi) is 5.56. The summed E-state index contributed by atoms with van der Waals surface area (Å²) in [5.74, 6) is 0.465. The van der Waals surface area contributed by atoms with E-state index in [2.05, 4.69) is 33.3 Å². The Bertz CT molecular complexity index is 506. The molecule has 0 radical (unpaired) electrons. The summed E-state index contributed by atoms with van der Waals surface area (Å²) in [6.45, 7) is 3.79. The molecule has 0 amide bonds. The lowest BCUT2D eigenvalue weighted by molar-refractivity contribution is 0.0900. The van der Waals surface area contributed by atoms with E-state index in [0.29, 0.717) is 22.2 Å². The molecule has 0 saturated carbocycles. The lowest BCUT2D eigenvalue weighted by atomic mass is 10.00. The fourth-order valence-electron chi connectivity index (χ4n) is 2.46. The Morgan fingerprint density at radius 3 is 3.15 bits per heavy atom. The Balaban J connectivity index is 2.03. The molecule has 1 fully saturated rings. The maximum atomic E-state index is 12.0. The molecule has 1 aromatic rings. The average molecular weight is 346 g/mol. The number of ether oxygens (including phenoxy) is 1. The van der Waals surface area contributed by atoms with Gasteiger partial charge in [-0.2, -0.15) is 5.10 Å². The first kappa shape index (κ1) is 15.5. The van der Waals surface area contributed by atoms with Crippen molar-refractivity contribution in [3.8, 4) is 0 Å². The van der Waals surface area contributed by atoms with Crippen LogP contribution in [0.25, 0.3) is 0 Å². The van der Waals surface area contributed by atoms with Crippen molar-refractivity contribution in [1.29, 1.82) is 0 Å². The van der Waals surface area contributed by atoms with Crippen molar-refractivity contribution in [2.75, 3.05) is 25.1 Å². The van der Waals surface area contributed by atoms with E-state index in [1.807, 2.05) is 0 Å². The minimum absolute atomic E-state index is 0.107. The highest BCUT2D eigenvalue weighted by Gasteiger charge is 2.26. The van der Waals surface area contributed by atoms with Gasteiger partial charge in [-0.1, -0.05) is 6.92 Å². The van der Waals surface area contributed by atoms with Crippen molar-refractivity contribution in [2.24, 2.45) is 5.92 Å². The fraction of sp³-hybridized carbons (Fsp3) is 0.692. The Labute approximate surface area is 126 Å². The SMILES string of the molecule is CCC1OCCC1CNc1cnn(CCO)c(=O)c1Br. The van der Waals surface area contributed by atoms with Gasteiger partial charge in [0.15, 0.2) is 0 Å². The number of aliphatic hydroxyl groups is 1. The third kappa shape index (κ3) is 3.39. The lowest BCUT2D eigenvalue weighted by Crippen LogP contribution is -2.27. The standard InChI is InChI=1S/C13H20BrN3O3/c1-2-11-9(3-6-20-11)7-15-10-8-16-17(4-5-18)13(19)12(10)14/h8-9,11,15,18H,2-7H2,1H3. The zero-order valence-electron chi connectivity index (χ0n) is 11.5. The highest BCUT2D eigenvalue weighted by atomic mass is 79.9. The van der Waals surface area contributed by atoms with Gasteiger partial charge in [-0.3, -0.25) is 4.79 Å². The third-order valence-corrected chi connectivity index (χ3v) is 4.37. The fourth-order valence-corrected chi connectivity index (χ4v) is 2.91. The van der Waals surface area contributed by atoms with E-state index >= 15 is 0 Å². The molecule has 2 unspecified atom stereocenters. The maximum absolute atomic E-state index is 12.0. The van der Waals surface area contributed by atoms with E-state index < -0.39 is 0 Å². The molecule has 2 rings (SSSR count). The molecule has 0 bridgehead atoms. The number of aromatic nitrogens is 2. The molecule has 2 heterocycles. The molecule has 2 N–H and O–H groups in total. The van der Waals surface area contributed by atoms with Crippen molar-refractivity contribution in [3.63, 3.8) is 0 Å². The van der Waals surface area contributed by atoms with Crippen LogP contribution in [0.3, 0.4) is 0 Å². The predicted molar refractivity (Wildman–Crippen MR) is 79.9 cm³/mol. The molecule has 1 saturated heterocycles. The number of anilines is 1. The van der Waals surface area contributed by atoms with E-state index in [-0.39, 0.29) is 18.7 Å². The summed E-state index contributed by atoms with van der Waals surface area (Å²) in [6, 6.07) is 0. The molecule has 1 aliphatic heterocycles. The maximum Gasteiger partial charge on any atom is 0.283 e. The summed E-state index contributed by atoms with van der Waals surface area (Å²) in [6.07, 6.45) is 3.95. The van der Waals surface area contributed by atoms with Gasteiger partial charge in [0, 0.05) is 19.1 Å². The van der Waals surface area contributed by atoms with Crippen molar-refractivity contribution in [2.45, 2.75) is 32.4 Å². The molecule has 0 spiro atoms. The zero-order chi connectivity index (χ0) is 14.5. The van der Waals surface area contributed by atoms with Crippen LogP contribution in [-0.4, -0.2) is 40.7 Å². The van der Waals surface area contributed by atoms with Gasteiger partial charge in [-0.25, -0.2) is 4.68 Å². The van der Waals surface area contributed by atoms with Gasteiger partial charge in [-0.05, 0) is 28.8 Å². The van der Waals surface area contributed by atoms with Crippen molar-refractivity contribution in [1.82, 2.24) is 9.78 Å². The minimum atomic E-state index is -0.237. The van der Waals surface area contributed by atoms with E-state index in [1.54, 1.807) is 6.20 Å². The first-order valence-electron chi connectivity index (χ1n) is 6.89. The first-order valence-corrected chi connectivity index (χ1v) is 7.68. The summed E-state index contributed by atoms with van der Waals surface area (Å²) < 4.78 is 7.34. The van der Waals surface area contributed by atoms with Crippen LogP contribution >= 0.6 is 15.9 Å². The molecule has 6 nitrogen and oxygen atoms in total. The van der Waals surface area contributed by atoms with Gasteiger partial charge in [0.1, 0.15) is 4.47 Å². The van der Waals surface area contributed by atoms with Crippen LogP contribution in [0.5, 0.6) is 0 Å². The van der Waals surface area contributed by atoms with Crippen LogP contribution in [0.1, 0.15) is 19.8 Å². The minimum Gasteiger partial charge on any atom is -0.394 e. The summed E-state index contributed by atoms with van der Waals surface area (Å²) in [5.41, 5.74) is 0.449. The van der Waals surface area contributed by atoms with E-state index in [9.17, 15) is 4.79 Å². The van der Waals surface area contributed by atoms with Gasteiger partial charge in [-0.15, -0.1) is 0 Å². The number of rotatable bonds is 6. The van der Waals surface area contributed by atoms with Gasteiger partial charge in [0.2, 0.25) is 0 Å². The lowest BCUT2D eigenvalue weighted by Gasteiger charge is -2.18. The number of aliphatic hydroxyl groups excluding tert-OH is 1. The van der Waals surface area contributed by atoms with E-state index in [0.717, 1.165) is 26.0 Å². The van der Waals surface area contributed by atoms with E-state index in [4.69, 9.17) is 9.84 Å². The predicted octanol–water partition coefficient (Wildman–Crippen LogP) is 1.23. The quantitative estimate of drug-likeness (QED) is 0.810. The molecular weight excluding hydrogens is 326 g/mol. The number of nitrogens with zero attached hydrogens (tertiary/aromatic N) is 2. The molecule has 0 aromatic carbocycles. The van der Waals surface area contributed by atoms with Crippen molar-refractivity contribution in [3.05, 3.63) is 21.0 Å². The largest absolute Gasteiger partial charge is 0.394 e. The summed E-state index contributed by atoms with van der Waals surface area (Å²) >= 11 is 3.29. The van der Waals surface area contributed by atoms with E-state index in [1.165, 1.54) is 4.68 Å². The van der Waals surface area contributed by atoms with Crippen LogP contribution in [0.2, 0.25) is 0 Å². The monoisotopic (exact) mass is 345 g/mol. The van der Waals surface area contributed by atoms with Crippen LogP contribution in [-0.2, 0) is 11.3 Å². The number of nitrogens with one attached hydrogen (secondary N) is 1. The molecule has 0 aliphatic carbocycles. The second kappa shape index (κ2) is 7.19. The summed E-state index contributed by atoms with van der Waals surface area (Å²) in [4.78, 5) is 12.0. The first-order chi connectivity index (χ1) is 9.67. The molecule has 20 heavy (non-hydrogen) atoms. The zero-order valence-corrected chi connectivity index (χ0v) is 13.1.